The molecule has 0 fully saturated rings. The second-order valence-electron chi connectivity index (χ2n) is 7.36. The average molecular weight is 462 g/mol. The molecule has 0 spiro atoms. The Morgan fingerprint density at radius 2 is 1.48 bits per heavy atom. The number of rotatable bonds is 9. The second-order valence-corrected chi connectivity index (χ2v) is 7.77. The molecule has 0 saturated heterocycles. The summed E-state index contributed by atoms with van der Waals surface area (Å²) in [5, 5.41) is 8.71. The van der Waals surface area contributed by atoms with Crippen molar-refractivity contribution < 1.29 is 14.3 Å². The van der Waals surface area contributed by atoms with Crippen molar-refractivity contribution in [2.45, 2.75) is 26.2 Å². The third-order valence-electron chi connectivity index (χ3n) is 4.73. The molecule has 0 aliphatic heterocycles. The summed E-state index contributed by atoms with van der Waals surface area (Å²) in [7, 11) is 0. The lowest BCUT2D eigenvalue weighted by molar-refractivity contribution is -0.116. The third-order valence-corrected chi connectivity index (χ3v) is 4.93. The van der Waals surface area contributed by atoms with E-state index in [2.05, 4.69) is 16.0 Å². The van der Waals surface area contributed by atoms with E-state index in [1.54, 1.807) is 42.5 Å². The van der Waals surface area contributed by atoms with Crippen molar-refractivity contribution in [3.05, 3.63) is 90.0 Å². The molecule has 0 unspecified atom stereocenters. The van der Waals surface area contributed by atoms with Crippen LogP contribution in [0, 0.1) is 0 Å². The van der Waals surface area contributed by atoms with Gasteiger partial charge in [-0.2, -0.15) is 0 Å². The number of benzene rings is 3. The van der Waals surface area contributed by atoms with Crippen LogP contribution in [-0.2, 0) is 11.2 Å². The first-order valence-corrected chi connectivity index (χ1v) is 11.2. The molecule has 3 N–H and O–H groups in total. The number of amides is 2. The summed E-state index contributed by atoms with van der Waals surface area (Å²) in [5.41, 5.74) is 2.93. The largest absolute Gasteiger partial charge is 0.493 e. The summed E-state index contributed by atoms with van der Waals surface area (Å²) in [4.78, 5) is 24.8. The normalized spacial score (nSPS) is 10.2. The Bertz CT molecular complexity index is 1090. The van der Waals surface area contributed by atoms with Crippen molar-refractivity contribution in [3.8, 4) is 5.75 Å². The Hall–Kier alpha value is -3.71. The van der Waals surface area contributed by atoms with Gasteiger partial charge in [0, 0.05) is 17.8 Å². The minimum atomic E-state index is -0.346. The van der Waals surface area contributed by atoms with Crippen LogP contribution in [0.5, 0.6) is 5.75 Å². The fourth-order valence-corrected chi connectivity index (χ4v) is 3.30. The van der Waals surface area contributed by atoms with E-state index in [1.165, 1.54) is 0 Å². The number of carbonyl (C=O) groups excluding carboxylic acids is 2. The van der Waals surface area contributed by atoms with Gasteiger partial charge >= 0.3 is 0 Å². The molecular formula is C26H27N3O3S. The molecule has 0 saturated carbocycles. The fourth-order valence-electron chi connectivity index (χ4n) is 3.09. The zero-order valence-electron chi connectivity index (χ0n) is 18.5. The van der Waals surface area contributed by atoms with Crippen molar-refractivity contribution in [2.75, 3.05) is 17.2 Å². The highest BCUT2D eigenvalue weighted by Crippen LogP contribution is 2.18. The first-order chi connectivity index (χ1) is 16.0. The maximum Gasteiger partial charge on any atom is 0.261 e. The monoisotopic (exact) mass is 461 g/mol. The number of hydrogen-bond donors (Lipinski definition) is 3. The van der Waals surface area contributed by atoms with Gasteiger partial charge in [-0.15, -0.1) is 0 Å². The molecule has 170 valence electrons. The van der Waals surface area contributed by atoms with E-state index >= 15 is 0 Å². The second kappa shape index (κ2) is 12.4. The average Bonchev–Trinajstić information content (AvgIpc) is 2.83. The number of carbonyl (C=O) groups is 2. The molecule has 3 aromatic carbocycles. The van der Waals surface area contributed by atoms with Crippen LogP contribution in [-0.4, -0.2) is 23.5 Å². The topological polar surface area (TPSA) is 79.5 Å². The van der Waals surface area contributed by atoms with Crippen LogP contribution in [0.1, 0.15) is 35.7 Å². The van der Waals surface area contributed by atoms with E-state index in [1.807, 2.05) is 43.3 Å². The van der Waals surface area contributed by atoms with Crippen molar-refractivity contribution in [1.29, 1.82) is 0 Å². The quantitative estimate of drug-likeness (QED) is 0.383. The molecule has 2 amide bonds. The molecule has 33 heavy (non-hydrogen) atoms. The number of ether oxygens (including phenoxy) is 1. The van der Waals surface area contributed by atoms with Gasteiger partial charge < -0.3 is 15.4 Å². The third kappa shape index (κ3) is 7.73. The number of thiocarbonyl (C=S) groups is 1. The van der Waals surface area contributed by atoms with E-state index in [4.69, 9.17) is 17.0 Å². The molecule has 0 heterocycles. The van der Waals surface area contributed by atoms with Crippen LogP contribution in [0.25, 0.3) is 0 Å². The molecule has 7 heteroatoms. The van der Waals surface area contributed by atoms with E-state index in [0.29, 0.717) is 42.1 Å². The number of hydrogen-bond acceptors (Lipinski definition) is 4. The Balaban J connectivity index is 1.49. The maximum absolute atomic E-state index is 12.6. The summed E-state index contributed by atoms with van der Waals surface area (Å²) in [6, 6.07) is 24.1. The van der Waals surface area contributed by atoms with E-state index in [9.17, 15) is 9.59 Å². The van der Waals surface area contributed by atoms with Gasteiger partial charge in [-0.3, -0.25) is 14.9 Å². The zero-order chi connectivity index (χ0) is 23.5. The summed E-state index contributed by atoms with van der Waals surface area (Å²) in [5.74, 6) is 0.125. The number of nitrogens with one attached hydrogen (secondary N) is 3. The summed E-state index contributed by atoms with van der Waals surface area (Å²) >= 11 is 5.27. The van der Waals surface area contributed by atoms with Gasteiger partial charge in [0.15, 0.2) is 5.11 Å². The van der Waals surface area contributed by atoms with Gasteiger partial charge in [-0.25, -0.2) is 0 Å². The molecule has 0 bridgehead atoms. The van der Waals surface area contributed by atoms with Gasteiger partial charge in [0.1, 0.15) is 5.75 Å². The molecule has 0 aromatic heterocycles. The van der Waals surface area contributed by atoms with Crippen LogP contribution in [0.15, 0.2) is 78.9 Å². The lowest BCUT2D eigenvalue weighted by Crippen LogP contribution is -2.34. The van der Waals surface area contributed by atoms with Gasteiger partial charge in [-0.05, 0) is 67.0 Å². The van der Waals surface area contributed by atoms with Gasteiger partial charge in [0.05, 0.1) is 12.2 Å². The summed E-state index contributed by atoms with van der Waals surface area (Å²) < 4.78 is 5.64. The standard InChI is InChI=1S/C26H27N3O3S/c1-2-18-32-23-11-7-6-10-22(23)25(31)29-26(33)28-21-15-13-20(14-16-21)27-24(30)17-12-19-8-4-3-5-9-19/h3-11,13-16H,2,12,17-18H2,1H3,(H,27,30)(H2,28,29,31,33). The molecular weight excluding hydrogens is 434 g/mol. The first kappa shape index (κ1) is 23.9. The fraction of sp³-hybridized carbons (Fsp3) is 0.192. The number of para-hydroxylation sites is 1. The van der Waals surface area contributed by atoms with Gasteiger partial charge in [-0.1, -0.05) is 49.4 Å². The van der Waals surface area contributed by atoms with Gasteiger partial charge in [0.2, 0.25) is 5.91 Å². The van der Waals surface area contributed by atoms with Crippen molar-refractivity contribution in [1.82, 2.24) is 5.32 Å². The van der Waals surface area contributed by atoms with Crippen LogP contribution >= 0.6 is 12.2 Å². The summed E-state index contributed by atoms with van der Waals surface area (Å²) in [6.45, 7) is 2.53. The first-order valence-electron chi connectivity index (χ1n) is 10.8. The highest BCUT2D eigenvalue weighted by atomic mass is 32.1. The zero-order valence-corrected chi connectivity index (χ0v) is 19.3. The molecule has 0 atom stereocenters. The van der Waals surface area contributed by atoms with Crippen LogP contribution in [0.3, 0.4) is 0 Å². The Morgan fingerprint density at radius 3 is 2.18 bits per heavy atom. The van der Waals surface area contributed by atoms with Crippen LogP contribution < -0.4 is 20.7 Å². The maximum atomic E-state index is 12.6. The smallest absolute Gasteiger partial charge is 0.261 e. The minimum absolute atomic E-state index is 0.0497. The Kier molecular flexibility index (Phi) is 8.97. The van der Waals surface area contributed by atoms with E-state index in [0.717, 1.165) is 12.0 Å². The van der Waals surface area contributed by atoms with Crippen LogP contribution in [0.2, 0.25) is 0 Å². The molecule has 6 nitrogen and oxygen atoms in total. The van der Waals surface area contributed by atoms with Crippen LogP contribution in [0.4, 0.5) is 11.4 Å². The number of anilines is 2. The van der Waals surface area contributed by atoms with Crippen molar-refractivity contribution in [2.24, 2.45) is 0 Å². The van der Waals surface area contributed by atoms with Crippen molar-refractivity contribution in [3.63, 3.8) is 0 Å². The number of aryl methyl sites for hydroxylation is 1. The molecule has 0 aliphatic carbocycles. The highest BCUT2D eigenvalue weighted by molar-refractivity contribution is 7.80. The highest BCUT2D eigenvalue weighted by Gasteiger charge is 2.13. The minimum Gasteiger partial charge on any atom is -0.493 e. The molecule has 0 radical (unpaired) electrons. The summed E-state index contributed by atoms with van der Waals surface area (Å²) in [6.07, 6.45) is 1.94. The Labute approximate surface area is 199 Å². The van der Waals surface area contributed by atoms with Gasteiger partial charge in [0.25, 0.3) is 5.91 Å². The van der Waals surface area contributed by atoms with Crippen molar-refractivity contribution >= 4 is 40.5 Å². The molecule has 0 aliphatic rings. The van der Waals surface area contributed by atoms with E-state index < -0.39 is 0 Å². The van der Waals surface area contributed by atoms with E-state index in [-0.39, 0.29) is 16.9 Å². The Morgan fingerprint density at radius 1 is 0.848 bits per heavy atom. The lowest BCUT2D eigenvalue weighted by atomic mass is 10.1. The predicted molar refractivity (Wildman–Crippen MR) is 136 cm³/mol. The predicted octanol–water partition coefficient (Wildman–Crippen LogP) is 5.17. The molecule has 3 rings (SSSR count). The SMILES string of the molecule is CCCOc1ccccc1C(=O)NC(=S)Nc1ccc(NC(=O)CCc2ccccc2)cc1. The molecule has 3 aromatic rings. The lowest BCUT2D eigenvalue weighted by Gasteiger charge is -2.13.